The minimum Gasteiger partial charge on any atom is -0.342 e. The number of aromatic nitrogens is 1. The highest BCUT2D eigenvalue weighted by atomic mass is 15.1. The highest BCUT2D eigenvalue weighted by Gasteiger charge is 2.33. The Hall–Kier alpha value is -2.06. The first kappa shape index (κ1) is 16.1. The normalized spacial score (nSPS) is 21.4. The molecule has 1 unspecified atom stereocenters. The lowest BCUT2D eigenvalue weighted by molar-refractivity contribution is 0.286. The number of rotatable bonds is 1. The molecule has 0 aliphatic carbocycles. The van der Waals surface area contributed by atoms with Crippen LogP contribution in [0, 0.1) is 12.3 Å². The fourth-order valence-electron chi connectivity index (χ4n) is 4.99. The van der Waals surface area contributed by atoms with Crippen molar-refractivity contribution >= 4 is 10.9 Å². The van der Waals surface area contributed by atoms with Crippen molar-refractivity contribution in [2.75, 3.05) is 6.54 Å². The Kier molecular flexibility index (Phi) is 3.55. The maximum atomic E-state index is 3.82. The third-order valence-corrected chi connectivity index (χ3v) is 6.38. The molecule has 2 heteroatoms. The van der Waals surface area contributed by atoms with Crippen molar-refractivity contribution in [2.24, 2.45) is 5.41 Å². The first-order chi connectivity index (χ1) is 12.5. The summed E-state index contributed by atoms with van der Waals surface area (Å²) in [7, 11) is 0. The summed E-state index contributed by atoms with van der Waals surface area (Å²) in [6.45, 7) is 9.18. The summed E-state index contributed by atoms with van der Waals surface area (Å²) in [5.74, 6) is 0. The molecule has 1 N–H and O–H groups in total. The van der Waals surface area contributed by atoms with Crippen molar-refractivity contribution in [2.45, 2.75) is 52.6 Å². The van der Waals surface area contributed by atoms with Crippen LogP contribution in [0.5, 0.6) is 0 Å². The minimum atomic E-state index is 0.300. The Morgan fingerprint density at radius 1 is 1.04 bits per heavy atom. The zero-order valence-corrected chi connectivity index (χ0v) is 16.1. The van der Waals surface area contributed by atoms with Crippen LogP contribution in [-0.4, -0.2) is 11.1 Å². The zero-order valence-electron chi connectivity index (χ0n) is 16.1. The van der Waals surface area contributed by atoms with Crippen LogP contribution in [0.1, 0.15) is 54.3 Å². The lowest BCUT2D eigenvalue weighted by Crippen LogP contribution is -2.33. The molecule has 0 fully saturated rings. The molecule has 3 aromatic rings. The molecule has 0 saturated carbocycles. The molecule has 2 nitrogen and oxygen atoms in total. The summed E-state index contributed by atoms with van der Waals surface area (Å²) in [5.41, 5.74) is 9.16. The maximum absolute atomic E-state index is 3.82. The quantitative estimate of drug-likeness (QED) is 0.645. The molecule has 0 bridgehead atoms. The van der Waals surface area contributed by atoms with Crippen LogP contribution in [0.15, 0.2) is 42.5 Å². The SMILES string of the molecule is Cc1ccc(C2NCCc3c2n2c4c(cccc34)CCC(C)(C)C2)cc1. The summed E-state index contributed by atoms with van der Waals surface area (Å²) in [4.78, 5) is 0. The van der Waals surface area contributed by atoms with Gasteiger partial charge in [0.15, 0.2) is 0 Å². The Labute approximate surface area is 156 Å². The Bertz CT molecular complexity index is 976. The number of fused-ring (bicyclic) bond motifs is 3. The second kappa shape index (κ2) is 5.72. The standard InChI is InChI=1S/C24H28N2/c1-16-7-9-17(10-8-16)21-23-20(12-14-25-21)19-6-4-5-18-11-13-24(2,3)15-26(23)22(18)19/h4-10,21,25H,11-15H2,1-3H3. The molecule has 134 valence electrons. The molecule has 0 saturated heterocycles. The van der Waals surface area contributed by atoms with Crippen LogP contribution in [0.3, 0.4) is 0 Å². The molecule has 0 amide bonds. The predicted octanol–water partition coefficient (Wildman–Crippen LogP) is 5.16. The van der Waals surface area contributed by atoms with E-state index in [0.717, 1.165) is 19.5 Å². The van der Waals surface area contributed by atoms with Gasteiger partial charge in [-0.2, -0.15) is 0 Å². The van der Waals surface area contributed by atoms with Gasteiger partial charge in [0.2, 0.25) is 0 Å². The van der Waals surface area contributed by atoms with Crippen LogP contribution in [-0.2, 0) is 19.4 Å². The van der Waals surface area contributed by atoms with Crippen molar-refractivity contribution in [1.82, 2.24) is 9.88 Å². The third-order valence-electron chi connectivity index (χ3n) is 6.38. The Morgan fingerprint density at radius 2 is 1.85 bits per heavy atom. The van der Waals surface area contributed by atoms with Crippen LogP contribution >= 0.6 is 0 Å². The molecule has 1 atom stereocenters. The van der Waals surface area contributed by atoms with Crippen molar-refractivity contribution in [3.63, 3.8) is 0 Å². The van der Waals surface area contributed by atoms with Crippen LogP contribution < -0.4 is 5.32 Å². The Balaban J connectivity index is 1.78. The first-order valence-electron chi connectivity index (χ1n) is 9.96. The van der Waals surface area contributed by atoms with Gasteiger partial charge < -0.3 is 9.88 Å². The van der Waals surface area contributed by atoms with Gasteiger partial charge in [-0.05, 0) is 48.3 Å². The zero-order chi connectivity index (χ0) is 17.9. The van der Waals surface area contributed by atoms with Gasteiger partial charge in [-0.15, -0.1) is 0 Å². The number of hydrogen-bond donors (Lipinski definition) is 1. The average molecular weight is 345 g/mol. The lowest BCUT2D eigenvalue weighted by Gasteiger charge is -2.30. The topological polar surface area (TPSA) is 17.0 Å². The number of benzene rings is 2. The second-order valence-electron chi connectivity index (χ2n) is 8.98. The van der Waals surface area contributed by atoms with Gasteiger partial charge in [0.05, 0.1) is 11.6 Å². The lowest BCUT2D eigenvalue weighted by atomic mass is 9.86. The second-order valence-corrected chi connectivity index (χ2v) is 8.98. The van der Waals surface area contributed by atoms with Crippen LogP contribution in [0.4, 0.5) is 0 Å². The van der Waals surface area contributed by atoms with E-state index in [1.807, 2.05) is 0 Å². The first-order valence-corrected chi connectivity index (χ1v) is 9.96. The van der Waals surface area contributed by atoms with E-state index in [9.17, 15) is 0 Å². The molecule has 3 heterocycles. The van der Waals surface area contributed by atoms with Gasteiger partial charge in [0.1, 0.15) is 0 Å². The monoisotopic (exact) mass is 344 g/mol. The van der Waals surface area contributed by atoms with Crippen molar-refractivity contribution in [3.05, 3.63) is 70.4 Å². The molecule has 2 aliphatic rings. The number of nitrogens with zero attached hydrogens (tertiary/aromatic N) is 1. The fraction of sp³-hybridized carbons (Fsp3) is 0.417. The van der Waals surface area contributed by atoms with E-state index in [2.05, 4.69) is 73.1 Å². The molecular weight excluding hydrogens is 316 g/mol. The molecule has 2 aromatic carbocycles. The fourth-order valence-corrected chi connectivity index (χ4v) is 4.99. The summed E-state index contributed by atoms with van der Waals surface area (Å²) >= 11 is 0. The minimum absolute atomic E-state index is 0.300. The molecule has 0 spiro atoms. The van der Waals surface area contributed by atoms with E-state index in [0.29, 0.717) is 11.5 Å². The van der Waals surface area contributed by atoms with Gasteiger partial charge in [0, 0.05) is 24.2 Å². The summed E-state index contributed by atoms with van der Waals surface area (Å²) in [5, 5.41) is 5.31. The summed E-state index contributed by atoms with van der Waals surface area (Å²) in [6.07, 6.45) is 3.58. The van der Waals surface area contributed by atoms with Gasteiger partial charge in [-0.3, -0.25) is 0 Å². The highest BCUT2D eigenvalue weighted by Crippen LogP contribution is 2.42. The summed E-state index contributed by atoms with van der Waals surface area (Å²) < 4.78 is 2.67. The molecule has 2 aliphatic heterocycles. The van der Waals surface area contributed by atoms with Gasteiger partial charge in [-0.25, -0.2) is 0 Å². The van der Waals surface area contributed by atoms with Crippen molar-refractivity contribution in [1.29, 1.82) is 0 Å². The van der Waals surface area contributed by atoms with E-state index >= 15 is 0 Å². The van der Waals surface area contributed by atoms with Crippen molar-refractivity contribution < 1.29 is 0 Å². The largest absolute Gasteiger partial charge is 0.342 e. The van der Waals surface area contributed by atoms with E-state index in [1.54, 1.807) is 5.56 Å². The molecule has 5 rings (SSSR count). The molecular formula is C24H28N2. The maximum Gasteiger partial charge on any atom is 0.0734 e. The smallest absolute Gasteiger partial charge is 0.0734 e. The van der Waals surface area contributed by atoms with Gasteiger partial charge in [0.25, 0.3) is 0 Å². The molecule has 26 heavy (non-hydrogen) atoms. The van der Waals surface area contributed by atoms with Crippen LogP contribution in [0.25, 0.3) is 10.9 Å². The van der Waals surface area contributed by atoms with Crippen LogP contribution in [0.2, 0.25) is 0 Å². The highest BCUT2D eigenvalue weighted by molar-refractivity contribution is 5.89. The number of para-hydroxylation sites is 1. The van der Waals surface area contributed by atoms with Gasteiger partial charge >= 0.3 is 0 Å². The molecule has 0 radical (unpaired) electrons. The van der Waals surface area contributed by atoms with E-state index < -0.39 is 0 Å². The number of hydrogen-bond acceptors (Lipinski definition) is 1. The number of aryl methyl sites for hydroxylation is 2. The predicted molar refractivity (Wildman–Crippen MR) is 109 cm³/mol. The van der Waals surface area contributed by atoms with E-state index in [4.69, 9.17) is 0 Å². The molecule has 1 aromatic heterocycles. The van der Waals surface area contributed by atoms with Gasteiger partial charge in [-0.1, -0.05) is 61.9 Å². The number of nitrogens with one attached hydrogen (secondary N) is 1. The third kappa shape index (κ3) is 2.43. The van der Waals surface area contributed by atoms with E-state index in [1.165, 1.54) is 46.1 Å². The van der Waals surface area contributed by atoms with Crippen molar-refractivity contribution in [3.8, 4) is 0 Å². The Morgan fingerprint density at radius 3 is 2.65 bits per heavy atom. The average Bonchev–Trinajstić information content (AvgIpc) is 2.87. The summed E-state index contributed by atoms with van der Waals surface area (Å²) in [6, 6.07) is 16.4. The van der Waals surface area contributed by atoms with E-state index in [-0.39, 0.29) is 0 Å².